The molecule has 2 heterocycles. The zero-order valence-electron chi connectivity index (χ0n) is 34.3. The number of aliphatic hydroxyl groups is 1. The van der Waals surface area contributed by atoms with Crippen LogP contribution in [0, 0.1) is 5.92 Å². The summed E-state index contributed by atoms with van der Waals surface area (Å²) in [7, 11) is -8.95. The van der Waals surface area contributed by atoms with Crippen LogP contribution in [-0.4, -0.2) is 82.8 Å². The number of carbonyl (C=O) groups excluding carboxylic acids is 1. The second kappa shape index (κ2) is 19.7. The third-order valence-electron chi connectivity index (χ3n) is 11.8. The Labute approximate surface area is 375 Å². The highest BCUT2D eigenvalue weighted by atomic mass is 35.5. The lowest BCUT2D eigenvalue weighted by molar-refractivity contribution is -0.0435. The number of thioether (sulfide) groups is 1. The largest absolute Gasteiger partial charge is 0.501 e. The van der Waals surface area contributed by atoms with E-state index in [2.05, 4.69) is 15.1 Å². The summed E-state index contributed by atoms with van der Waals surface area (Å²) in [5.41, 5.74) is -2.68. The van der Waals surface area contributed by atoms with Crippen molar-refractivity contribution in [3.63, 3.8) is 0 Å². The summed E-state index contributed by atoms with van der Waals surface area (Å²) in [5.74, 6) is -0.680. The van der Waals surface area contributed by atoms with Gasteiger partial charge in [0.05, 0.1) is 16.7 Å². The van der Waals surface area contributed by atoms with Gasteiger partial charge in [0.25, 0.3) is 25.8 Å². The zero-order chi connectivity index (χ0) is 44.9. The number of amides is 1. The summed E-state index contributed by atoms with van der Waals surface area (Å²) < 4.78 is 97.5. The second-order valence-corrected chi connectivity index (χ2v) is 21.1. The van der Waals surface area contributed by atoms with E-state index < -0.39 is 58.9 Å². The number of benzene rings is 5. The van der Waals surface area contributed by atoms with E-state index in [1.54, 1.807) is 12.1 Å². The molecule has 1 amide bonds. The van der Waals surface area contributed by atoms with Crippen molar-refractivity contribution in [2.45, 2.75) is 70.5 Å². The average molecular weight is 942 g/mol. The molecule has 2 aliphatic heterocycles. The molecule has 17 heteroatoms. The Balaban J connectivity index is 1.03. The van der Waals surface area contributed by atoms with Crippen molar-refractivity contribution in [2.75, 3.05) is 42.7 Å². The second-order valence-electron chi connectivity index (χ2n) is 15.9. The van der Waals surface area contributed by atoms with E-state index in [0.717, 1.165) is 58.8 Å². The van der Waals surface area contributed by atoms with Gasteiger partial charge in [0.2, 0.25) is 0 Å². The minimum absolute atomic E-state index is 0.0135. The Hall–Kier alpha value is -4.58. The van der Waals surface area contributed by atoms with Crippen LogP contribution in [0.25, 0.3) is 11.1 Å². The minimum atomic E-state index is -6.05. The number of likely N-dealkylation sites (tertiary alicyclic amines) is 1. The van der Waals surface area contributed by atoms with Crippen molar-refractivity contribution in [1.82, 2.24) is 9.62 Å². The van der Waals surface area contributed by atoms with E-state index in [0.29, 0.717) is 49.2 Å². The molecule has 2 aliphatic rings. The lowest BCUT2D eigenvalue weighted by atomic mass is 9.84. The number of hydrogen-bond acceptors (Lipinski definition) is 10. The van der Waals surface area contributed by atoms with Crippen LogP contribution in [0.3, 0.4) is 0 Å². The third-order valence-corrected chi connectivity index (χ3v) is 16.1. The summed E-state index contributed by atoms with van der Waals surface area (Å²) in [6.45, 7) is 2.08. The number of sulfone groups is 1. The molecule has 0 radical (unpaired) electrons. The van der Waals surface area contributed by atoms with E-state index in [1.165, 1.54) is 23.9 Å². The maximum absolute atomic E-state index is 14.2. The Kier molecular flexibility index (Phi) is 14.5. The van der Waals surface area contributed by atoms with Gasteiger partial charge in [-0.2, -0.15) is 13.2 Å². The van der Waals surface area contributed by atoms with Gasteiger partial charge in [0.15, 0.2) is 0 Å². The number of aliphatic hydroxyl groups excluding tert-OH is 1. The summed E-state index contributed by atoms with van der Waals surface area (Å²) in [5, 5.41) is 15.1. The Morgan fingerprint density at radius 3 is 2.17 bits per heavy atom. The molecule has 0 aliphatic carbocycles. The van der Waals surface area contributed by atoms with Crippen molar-refractivity contribution < 1.29 is 39.9 Å². The molecule has 3 N–H and O–H groups in total. The summed E-state index contributed by atoms with van der Waals surface area (Å²) in [6, 6.07) is 32.8. The van der Waals surface area contributed by atoms with E-state index in [9.17, 15) is 39.9 Å². The topological polar surface area (TPSA) is 136 Å². The number of nitrogens with one attached hydrogen (secondary N) is 2. The molecular weight excluding hydrogens is 893 g/mol. The lowest BCUT2D eigenvalue weighted by Gasteiger charge is -2.36. The van der Waals surface area contributed by atoms with Crippen molar-refractivity contribution in [3.05, 3.63) is 137 Å². The molecule has 63 heavy (non-hydrogen) atoms. The normalized spacial score (nSPS) is 17.6. The molecule has 3 atom stereocenters. The quantitative estimate of drug-likeness (QED) is 0.0872. The smallest absolute Gasteiger partial charge is 0.388 e. The first-order chi connectivity index (χ1) is 30.0. The molecule has 2 fully saturated rings. The first-order valence-corrected chi connectivity index (χ1v) is 24.9. The van der Waals surface area contributed by atoms with Gasteiger partial charge >= 0.3 is 5.51 Å². The third kappa shape index (κ3) is 11.0. The first kappa shape index (κ1) is 46.4. The van der Waals surface area contributed by atoms with Crippen LogP contribution in [0.4, 0.5) is 24.5 Å². The number of halogens is 4. The van der Waals surface area contributed by atoms with Crippen molar-refractivity contribution >= 4 is 60.5 Å². The number of carbonyl (C=O) groups is 1. The molecule has 7 rings (SSSR count). The average Bonchev–Trinajstić information content (AvgIpc) is 3.68. The van der Waals surface area contributed by atoms with Crippen LogP contribution in [0.15, 0.2) is 136 Å². The van der Waals surface area contributed by atoms with Crippen molar-refractivity contribution in [1.29, 1.82) is 0 Å². The Morgan fingerprint density at radius 2 is 1.52 bits per heavy atom. The van der Waals surface area contributed by atoms with E-state index in [-0.39, 0.29) is 17.5 Å². The number of nitrogens with zero attached hydrogens (tertiary/aromatic N) is 2. The van der Waals surface area contributed by atoms with Crippen LogP contribution >= 0.6 is 23.4 Å². The van der Waals surface area contributed by atoms with E-state index in [1.807, 2.05) is 90.6 Å². The standard InChI is InChI=1S/C46H48ClF3N4O6S3/c1-53-25-7-8-37(53)28-35(30-61-38-9-3-2-4-10-38)51-42-22-21-39(29-43(42)62(57,58)46(48,49)50)63(59,60)52-45(56)33-15-19-36(20-16-33)54-26-23-32(24-27-54)44(55)41-12-6-5-11-40(41)31-13-17-34(47)18-14-31/h2-6,9-22,29,32,35,37,44,51,55H,7-8,23-28,30H2,1H3,(H,52,56)/t35-,37-,44-/m1/s1. The summed E-state index contributed by atoms with van der Waals surface area (Å²) in [4.78, 5) is 16.4. The highest BCUT2D eigenvalue weighted by Gasteiger charge is 2.48. The predicted molar refractivity (Wildman–Crippen MR) is 242 cm³/mol. The van der Waals surface area contributed by atoms with Gasteiger partial charge in [-0.15, -0.1) is 11.8 Å². The number of alkyl halides is 3. The van der Waals surface area contributed by atoms with Gasteiger partial charge < -0.3 is 20.2 Å². The first-order valence-electron chi connectivity index (χ1n) is 20.6. The molecule has 0 bridgehead atoms. The van der Waals surface area contributed by atoms with Crippen LogP contribution in [-0.2, 0) is 19.9 Å². The lowest BCUT2D eigenvalue weighted by Crippen LogP contribution is -2.36. The maximum Gasteiger partial charge on any atom is 0.501 e. The number of anilines is 2. The summed E-state index contributed by atoms with van der Waals surface area (Å²) >= 11 is 7.56. The molecule has 0 unspecified atom stereocenters. The van der Waals surface area contributed by atoms with Crippen molar-refractivity contribution in [2.24, 2.45) is 5.92 Å². The Bertz CT molecular complexity index is 2600. The van der Waals surface area contributed by atoms with E-state index in [4.69, 9.17) is 11.6 Å². The zero-order valence-corrected chi connectivity index (χ0v) is 37.5. The summed E-state index contributed by atoms with van der Waals surface area (Å²) in [6.07, 6.45) is 2.98. The minimum Gasteiger partial charge on any atom is -0.388 e. The SMILES string of the molecule is CN1CCC[C@@H]1C[C@H](CSc1ccccc1)Nc1ccc(S(=O)(=O)NC(=O)c2ccc(N3CCC([C@@H](O)c4ccccc4-c4ccc(Cl)cc4)CC3)cc2)cc1S(=O)(=O)C(F)(F)F. The molecule has 0 saturated carbocycles. The van der Waals surface area contributed by atoms with Crippen LogP contribution in [0.1, 0.15) is 54.1 Å². The monoisotopic (exact) mass is 940 g/mol. The fraction of sp³-hybridized carbons (Fsp3) is 0.326. The number of hydrogen-bond donors (Lipinski definition) is 3. The molecule has 2 saturated heterocycles. The van der Waals surface area contributed by atoms with Crippen molar-refractivity contribution in [3.8, 4) is 11.1 Å². The van der Waals surface area contributed by atoms with E-state index >= 15 is 0 Å². The molecular formula is C46H48ClF3N4O6S3. The van der Waals surface area contributed by atoms with Crippen LogP contribution in [0.5, 0.6) is 0 Å². The van der Waals surface area contributed by atoms with Crippen LogP contribution < -0.4 is 14.9 Å². The van der Waals surface area contributed by atoms with Gasteiger partial charge in [-0.25, -0.2) is 21.6 Å². The number of piperidine rings is 1. The van der Waals surface area contributed by atoms with Gasteiger partial charge in [-0.05, 0) is 135 Å². The molecule has 5 aromatic carbocycles. The fourth-order valence-electron chi connectivity index (χ4n) is 8.28. The number of sulfonamides is 1. The predicted octanol–water partition coefficient (Wildman–Crippen LogP) is 9.43. The van der Waals surface area contributed by atoms with Gasteiger partial charge in [-0.3, -0.25) is 4.79 Å². The van der Waals surface area contributed by atoms with Crippen LogP contribution in [0.2, 0.25) is 5.02 Å². The molecule has 334 valence electrons. The maximum atomic E-state index is 14.2. The van der Waals surface area contributed by atoms with Gasteiger partial charge in [0.1, 0.15) is 4.90 Å². The fourth-order valence-corrected chi connectivity index (χ4v) is 11.4. The Morgan fingerprint density at radius 1 is 0.857 bits per heavy atom. The molecule has 0 aromatic heterocycles. The highest BCUT2D eigenvalue weighted by Crippen LogP contribution is 2.39. The number of rotatable bonds is 15. The molecule has 5 aromatic rings. The molecule has 0 spiro atoms. The van der Waals surface area contributed by atoms with Gasteiger partial charge in [0, 0.05) is 52.1 Å². The molecule has 10 nitrogen and oxygen atoms in total. The highest BCUT2D eigenvalue weighted by molar-refractivity contribution is 7.99. The van der Waals surface area contributed by atoms with Gasteiger partial charge in [-0.1, -0.05) is 66.2 Å².